The Morgan fingerprint density at radius 2 is 1.97 bits per heavy atom. The Balaban J connectivity index is 1.86. The molecule has 3 aromatic rings. The summed E-state index contributed by atoms with van der Waals surface area (Å²) in [4.78, 5) is 6.58. The number of β-amino-alcohol motifs (C(OH)–C–C–N with tert-alkyl or cyclic N) is 1. The number of rotatable bonds is 5. The second-order valence-corrected chi connectivity index (χ2v) is 8.45. The fourth-order valence-electron chi connectivity index (χ4n) is 4.22. The van der Waals surface area contributed by atoms with Gasteiger partial charge in [0.05, 0.1) is 40.1 Å². The van der Waals surface area contributed by atoms with Gasteiger partial charge in [0, 0.05) is 24.1 Å². The Labute approximate surface area is 191 Å². The van der Waals surface area contributed by atoms with E-state index in [0.29, 0.717) is 21.7 Å². The average Bonchev–Trinajstić information content (AvgIpc) is 3.21. The van der Waals surface area contributed by atoms with Gasteiger partial charge in [0.1, 0.15) is 0 Å². The van der Waals surface area contributed by atoms with Crippen molar-refractivity contribution in [3.63, 3.8) is 0 Å². The molecular formula is C22H22Cl2N4OS. The number of halogens is 2. The molecule has 0 saturated carbocycles. The van der Waals surface area contributed by atoms with Crippen molar-refractivity contribution in [2.45, 2.75) is 25.9 Å². The first-order chi connectivity index (χ1) is 14.4. The van der Waals surface area contributed by atoms with Gasteiger partial charge in [-0.2, -0.15) is 0 Å². The quantitative estimate of drug-likeness (QED) is 0.537. The van der Waals surface area contributed by atoms with Gasteiger partial charge in [-0.05, 0) is 62.0 Å². The summed E-state index contributed by atoms with van der Waals surface area (Å²) >= 11 is 18.4. The molecule has 0 amide bonds. The number of pyridine rings is 1. The van der Waals surface area contributed by atoms with Crippen molar-refractivity contribution in [1.82, 2.24) is 19.8 Å². The van der Waals surface area contributed by atoms with Crippen molar-refractivity contribution in [3.8, 4) is 5.69 Å². The molecule has 1 aliphatic heterocycles. The van der Waals surface area contributed by atoms with Gasteiger partial charge in [-0.1, -0.05) is 35.3 Å². The molecule has 0 unspecified atom stereocenters. The lowest BCUT2D eigenvalue weighted by Gasteiger charge is -2.27. The first-order valence-electron chi connectivity index (χ1n) is 9.66. The fraction of sp³-hybridized carbons (Fsp3) is 0.273. The summed E-state index contributed by atoms with van der Waals surface area (Å²) in [5.74, 6) is 0. The van der Waals surface area contributed by atoms with E-state index >= 15 is 0 Å². The topological polar surface area (TPSA) is 53.3 Å². The second kappa shape index (κ2) is 8.55. The van der Waals surface area contributed by atoms with E-state index in [-0.39, 0.29) is 18.7 Å². The molecule has 2 N–H and O–H groups in total. The minimum atomic E-state index is -0.131. The monoisotopic (exact) mass is 460 g/mol. The zero-order chi connectivity index (χ0) is 21.4. The van der Waals surface area contributed by atoms with E-state index in [2.05, 4.69) is 27.9 Å². The molecule has 2 atom stereocenters. The lowest BCUT2D eigenvalue weighted by Crippen LogP contribution is -2.32. The summed E-state index contributed by atoms with van der Waals surface area (Å²) in [6, 6.07) is 13.4. The zero-order valence-electron chi connectivity index (χ0n) is 16.6. The number of hydrogen-bond acceptors (Lipinski definition) is 3. The van der Waals surface area contributed by atoms with Gasteiger partial charge in [-0.25, -0.2) is 0 Å². The molecule has 1 saturated heterocycles. The SMILES string of the molecule is Cc1cc([C@@H]2[C@H](c3ccccn3)NC(=S)N2CCO)c(C)n1-c1cccc(Cl)c1Cl. The van der Waals surface area contributed by atoms with Crippen LogP contribution in [0.4, 0.5) is 0 Å². The van der Waals surface area contributed by atoms with Crippen LogP contribution in [0, 0.1) is 13.8 Å². The number of aryl methyl sites for hydroxylation is 1. The Morgan fingerprint density at radius 3 is 2.67 bits per heavy atom. The highest BCUT2D eigenvalue weighted by molar-refractivity contribution is 7.80. The third-order valence-electron chi connectivity index (χ3n) is 5.50. The van der Waals surface area contributed by atoms with Crippen LogP contribution in [0.3, 0.4) is 0 Å². The standard InChI is InChI=1S/C22H22Cl2N4OS/c1-13-12-15(14(2)28(13)18-8-5-6-16(23)19(18)24)21-20(17-7-3-4-9-25-17)26-22(30)27(21)10-11-29/h3-9,12,20-21,29H,10-11H2,1-2H3,(H,26,30)/t20-,21+/m0/s1. The molecule has 0 spiro atoms. The van der Waals surface area contributed by atoms with Crippen LogP contribution >= 0.6 is 35.4 Å². The van der Waals surface area contributed by atoms with Crippen molar-refractivity contribution in [2.75, 3.05) is 13.2 Å². The van der Waals surface area contributed by atoms with Gasteiger partial charge in [-0.15, -0.1) is 0 Å². The van der Waals surface area contributed by atoms with Crippen molar-refractivity contribution in [2.24, 2.45) is 0 Å². The summed E-state index contributed by atoms with van der Waals surface area (Å²) in [6.45, 7) is 4.54. The molecule has 156 valence electrons. The maximum absolute atomic E-state index is 9.66. The Hall–Kier alpha value is -2.12. The van der Waals surface area contributed by atoms with E-state index in [9.17, 15) is 5.11 Å². The van der Waals surface area contributed by atoms with E-state index in [1.165, 1.54) is 0 Å². The predicted molar refractivity (Wildman–Crippen MR) is 125 cm³/mol. The molecule has 0 aliphatic carbocycles. The van der Waals surface area contributed by atoms with Gasteiger partial charge in [0.15, 0.2) is 5.11 Å². The molecule has 2 aromatic heterocycles. The molecule has 4 rings (SSSR count). The summed E-state index contributed by atoms with van der Waals surface area (Å²) < 4.78 is 2.11. The summed E-state index contributed by atoms with van der Waals surface area (Å²) in [5.41, 5.74) is 4.91. The van der Waals surface area contributed by atoms with Gasteiger partial charge >= 0.3 is 0 Å². The molecule has 30 heavy (non-hydrogen) atoms. The smallest absolute Gasteiger partial charge is 0.170 e. The molecular weight excluding hydrogens is 439 g/mol. The summed E-state index contributed by atoms with van der Waals surface area (Å²) in [6.07, 6.45) is 1.78. The van der Waals surface area contributed by atoms with Crippen LogP contribution in [-0.2, 0) is 0 Å². The van der Waals surface area contributed by atoms with Crippen molar-refractivity contribution in [3.05, 3.63) is 81.4 Å². The molecule has 1 aromatic carbocycles. The molecule has 8 heteroatoms. The van der Waals surface area contributed by atoms with Gasteiger partial charge in [0.25, 0.3) is 0 Å². The average molecular weight is 461 g/mol. The molecule has 0 bridgehead atoms. The van der Waals surface area contributed by atoms with Gasteiger partial charge < -0.3 is 19.9 Å². The first-order valence-corrected chi connectivity index (χ1v) is 10.8. The fourth-order valence-corrected chi connectivity index (χ4v) is 4.93. The van der Waals surface area contributed by atoms with Crippen LogP contribution in [0.15, 0.2) is 48.7 Å². The Kier molecular flexibility index (Phi) is 6.02. The normalized spacial score (nSPS) is 18.7. The number of aliphatic hydroxyl groups is 1. The van der Waals surface area contributed by atoms with Crippen molar-refractivity contribution in [1.29, 1.82) is 0 Å². The number of hydrogen-bond donors (Lipinski definition) is 2. The highest BCUT2D eigenvalue weighted by Crippen LogP contribution is 2.42. The van der Waals surface area contributed by atoms with Crippen LogP contribution in [0.25, 0.3) is 5.69 Å². The molecule has 0 radical (unpaired) electrons. The van der Waals surface area contributed by atoms with Crippen LogP contribution in [0.5, 0.6) is 0 Å². The Bertz CT molecular complexity index is 1090. The van der Waals surface area contributed by atoms with Gasteiger partial charge in [0.2, 0.25) is 0 Å². The van der Waals surface area contributed by atoms with Crippen molar-refractivity contribution >= 4 is 40.5 Å². The first kappa shape index (κ1) is 21.1. The predicted octanol–water partition coefficient (Wildman–Crippen LogP) is 4.76. The number of thiocarbonyl (C=S) groups is 1. The minimum absolute atomic E-state index is 0.00607. The van der Waals surface area contributed by atoms with Crippen molar-refractivity contribution < 1.29 is 5.11 Å². The van der Waals surface area contributed by atoms with E-state index in [1.807, 2.05) is 42.2 Å². The maximum atomic E-state index is 9.66. The second-order valence-electron chi connectivity index (χ2n) is 7.28. The Morgan fingerprint density at radius 1 is 1.17 bits per heavy atom. The lowest BCUT2D eigenvalue weighted by molar-refractivity contribution is 0.223. The van der Waals surface area contributed by atoms with Crippen LogP contribution in [0.1, 0.15) is 34.7 Å². The number of benzene rings is 1. The van der Waals surface area contributed by atoms with E-state index in [0.717, 1.165) is 28.3 Å². The molecule has 3 heterocycles. The third-order valence-corrected chi connectivity index (χ3v) is 6.66. The number of nitrogens with zero attached hydrogens (tertiary/aromatic N) is 3. The summed E-state index contributed by atoms with van der Waals surface area (Å²) in [7, 11) is 0. The van der Waals surface area contributed by atoms with E-state index in [1.54, 1.807) is 12.3 Å². The third kappa shape index (κ3) is 3.58. The number of aromatic nitrogens is 2. The molecule has 1 aliphatic rings. The lowest BCUT2D eigenvalue weighted by atomic mass is 9.97. The summed E-state index contributed by atoms with van der Waals surface area (Å²) in [5, 5.41) is 14.7. The largest absolute Gasteiger partial charge is 0.395 e. The van der Waals surface area contributed by atoms with Crippen LogP contribution in [-0.4, -0.2) is 37.8 Å². The highest BCUT2D eigenvalue weighted by Gasteiger charge is 2.41. The van der Waals surface area contributed by atoms with E-state index < -0.39 is 0 Å². The number of nitrogens with one attached hydrogen (secondary N) is 1. The molecule has 1 fully saturated rings. The van der Waals surface area contributed by atoms with Crippen LogP contribution in [0.2, 0.25) is 10.0 Å². The highest BCUT2D eigenvalue weighted by atomic mass is 35.5. The molecule has 5 nitrogen and oxygen atoms in total. The number of aliphatic hydroxyl groups excluding tert-OH is 1. The van der Waals surface area contributed by atoms with E-state index in [4.69, 9.17) is 35.4 Å². The van der Waals surface area contributed by atoms with Gasteiger partial charge in [-0.3, -0.25) is 4.98 Å². The zero-order valence-corrected chi connectivity index (χ0v) is 19.0. The van der Waals surface area contributed by atoms with Crippen LogP contribution < -0.4 is 5.32 Å². The maximum Gasteiger partial charge on any atom is 0.170 e. The minimum Gasteiger partial charge on any atom is -0.395 e.